The first-order chi connectivity index (χ1) is 13.0. The van der Waals surface area contributed by atoms with Crippen LogP contribution >= 0.6 is 0 Å². The Balaban J connectivity index is 2.24. The number of hydrogen-bond acceptors (Lipinski definition) is 7. The maximum atomic E-state index is 10.6. The number of aromatic hydroxyl groups is 1. The SMILES string of the molecule is COc1cc([C@@H](O)[C@@H](CO)Oc2ccc(/C=C\CO)cc2OC)ccc1O. The van der Waals surface area contributed by atoms with Crippen molar-refractivity contribution in [1.82, 2.24) is 0 Å². The van der Waals surface area contributed by atoms with Crippen LogP contribution in [0, 0.1) is 0 Å². The minimum absolute atomic E-state index is 0.0527. The number of phenols is 1. The van der Waals surface area contributed by atoms with Crippen LogP contribution in [0.5, 0.6) is 23.0 Å². The zero-order chi connectivity index (χ0) is 19.8. The summed E-state index contributed by atoms with van der Waals surface area (Å²) in [4.78, 5) is 0. The second-order valence-electron chi connectivity index (χ2n) is 5.71. The van der Waals surface area contributed by atoms with Gasteiger partial charge in [0.2, 0.25) is 0 Å². The number of rotatable bonds is 9. The van der Waals surface area contributed by atoms with Gasteiger partial charge in [-0.1, -0.05) is 24.3 Å². The predicted molar refractivity (Wildman–Crippen MR) is 100 cm³/mol. The molecule has 2 aromatic carbocycles. The molecule has 27 heavy (non-hydrogen) atoms. The molecule has 0 amide bonds. The molecule has 0 aliphatic rings. The van der Waals surface area contributed by atoms with Crippen molar-refractivity contribution in [3.8, 4) is 23.0 Å². The predicted octanol–water partition coefficient (Wildman–Crippen LogP) is 1.89. The van der Waals surface area contributed by atoms with Gasteiger partial charge in [0.1, 0.15) is 6.10 Å². The van der Waals surface area contributed by atoms with E-state index in [1.807, 2.05) is 0 Å². The highest BCUT2D eigenvalue weighted by atomic mass is 16.5. The molecule has 2 aromatic rings. The molecule has 7 heteroatoms. The Kier molecular flexibility index (Phi) is 7.48. The number of hydrogen-bond donors (Lipinski definition) is 4. The maximum Gasteiger partial charge on any atom is 0.161 e. The van der Waals surface area contributed by atoms with Gasteiger partial charge in [-0.3, -0.25) is 0 Å². The summed E-state index contributed by atoms with van der Waals surface area (Å²) in [5.74, 6) is 0.926. The van der Waals surface area contributed by atoms with Crippen molar-refractivity contribution in [2.75, 3.05) is 27.4 Å². The molecule has 0 saturated carbocycles. The van der Waals surface area contributed by atoms with Gasteiger partial charge in [-0.2, -0.15) is 0 Å². The van der Waals surface area contributed by atoms with Crippen molar-refractivity contribution < 1.29 is 34.6 Å². The van der Waals surface area contributed by atoms with E-state index in [0.29, 0.717) is 17.1 Å². The van der Waals surface area contributed by atoms with E-state index in [2.05, 4.69) is 0 Å². The third kappa shape index (κ3) is 5.13. The minimum atomic E-state index is -1.16. The van der Waals surface area contributed by atoms with Crippen LogP contribution in [0.1, 0.15) is 17.2 Å². The molecule has 2 atom stereocenters. The van der Waals surface area contributed by atoms with Crippen molar-refractivity contribution in [3.05, 3.63) is 53.6 Å². The summed E-state index contributed by atoms with van der Waals surface area (Å²) in [5, 5.41) is 38.8. The van der Waals surface area contributed by atoms with Crippen molar-refractivity contribution in [3.63, 3.8) is 0 Å². The number of phenolic OH excluding ortho intramolecular Hbond substituents is 1. The lowest BCUT2D eigenvalue weighted by molar-refractivity contribution is -0.000515. The standard InChI is InChI=1S/C20H24O7/c1-25-17-11-14(6-7-15(17)23)20(24)19(12-22)27-16-8-5-13(4-3-9-21)10-18(16)26-2/h3-8,10-11,19-24H,9,12H2,1-2H3/b4-3-/t19-,20-/m1/s1. The van der Waals surface area contributed by atoms with Crippen LogP contribution in [0.25, 0.3) is 6.08 Å². The number of ether oxygens (including phenoxy) is 3. The molecule has 0 radical (unpaired) electrons. The van der Waals surface area contributed by atoms with Crippen LogP contribution < -0.4 is 14.2 Å². The van der Waals surface area contributed by atoms with E-state index < -0.39 is 18.8 Å². The van der Waals surface area contributed by atoms with Crippen LogP contribution in [-0.4, -0.2) is 54.0 Å². The number of aliphatic hydroxyl groups is 3. The molecule has 0 unspecified atom stereocenters. The van der Waals surface area contributed by atoms with Crippen LogP contribution in [-0.2, 0) is 0 Å². The largest absolute Gasteiger partial charge is 0.504 e. The van der Waals surface area contributed by atoms with Crippen molar-refractivity contribution in [1.29, 1.82) is 0 Å². The maximum absolute atomic E-state index is 10.6. The lowest BCUT2D eigenvalue weighted by atomic mass is 10.0. The minimum Gasteiger partial charge on any atom is -0.504 e. The third-order valence-electron chi connectivity index (χ3n) is 3.96. The lowest BCUT2D eigenvalue weighted by Crippen LogP contribution is -2.29. The molecule has 0 aliphatic heterocycles. The average molecular weight is 376 g/mol. The number of methoxy groups -OCH3 is 2. The zero-order valence-electron chi connectivity index (χ0n) is 15.2. The summed E-state index contributed by atoms with van der Waals surface area (Å²) in [6, 6.07) is 9.53. The van der Waals surface area contributed by atoms with E-state index in [1.54, 1.807) is 30.4 Å². The molecule has 0 fully saturated rings. The molecule has 2 rings (SSSR count). The Hall–Kier alpha value is -2.74. The topological polar surface area (TPSA) is 109 Å². The fourth-order valence-corrected chi connectivity index (χ4v) is 2.53. The summed E-state index contributed by atoms with van der Waals surface area (Å²) < 4.78 is 16.1. The number of benzene rings is 2. The molecule has 0 heterocycles. The monoisotopic (exact) mass is 376 g/mol. The molecule has 0 saturated heterocycles. The third-order valence-corrected chi connectivity index (χ3v) is 3.96. The van der Waals surface area contributed by atoms with E-state index in [0.717, 1.165) is 5.56 Å². The van der Waals surface area contributed by atoms with E-state index in [4.69, 9.17) is 19.3 Å². The molecule has 0 spiro atoms. The molecule has 146 valence electrons. The second kappa shape index (κ2) is 9.82. The summed E-state index contributed by atoms with van der Waals surface area (Å²) in [6.07, 6.45) is 1.19. The fraction of sp³-hybridized carbons (Fsp3) is 0.300. The van der Waals surface area contributed by atoms with Gasteiger partial charge in [0.05, 0.1) is 27.4 Å². The Morgan fingerprint density at radius 2 is 1.70 bits per heavy atom. The van der Waals surface area contributed by atoms with Crippen LogP contribution in [0.3, 0.4) is 0 Å². The van der Waals surface area contributed by atoms with Crippen LogP contribution in [0.15, 0.2) is 42.5 Å². The van der Waals surface area contributed by atoms with Gasteiger partial charge >= 0.3 is 0 Å². The molecule has 0 aromatic heterocycles. The van der Waals surface area contributed by atoms with Gasteiger partial charge in [0, 0.05) is 0 Å². The highest BCUT2D eigenvalue weighted by Gasteiger charge is 2.24. The highest BCUT2D eigenvalue weighted by Crippen LogP contribution is 2.34. The zero-order valence-corrected chi connectivity index (χ0v) is 15.2. The molecular formula is C20H24O7. The van der Waals surface area contributed by atoms with Gasteiger partial charge in [0.15, 0.2) is 29.1 Å². The first-order valence-corrected chi connectivity index (χ1v) is 8.32. The molecule has 4 N–H and O–H groups in total. The summed E-state index contributed by atoms with van der Waals surface area (Å²) in [5.41, 5.74) is 1.22. The summed E-state index contributed by atoms with van der Waals surface area (Å²) in [6.45, 7) is -0.519. The van der Waals surface area contributed by atoms with E-state index >= 15 is 0 Å². The lowest BCUT2D eigenvalue weighted by Gasteiger charge is -2.24. The van der Waals surface area contributed by atoms with Crippen molar-refractivity contribution in [2.45, 2.75) is 12.2 Å². The summed E-state index contributed by atoms with van der Waals surface area (Å²) in [7, 11) is 2.89. The first kappa shape index (κ1) is 20.6. The molecular weight excluding hydrogens is 352 g/mol. The number of aliphatic hydroxyl groups excluding tert-OH is 3. The van der Waals surface area contributed by atoms with Gasteiger partial charge in [-0.25, -0.2) is 0 Å². The van der Waals surface area contributed by atoms with Crippen molar-refractivity contribution in [2.24, 2.45) is 0 Å². The van der Waals surface area contributed by atoms with Gasteiger partial charge in [-0.15, -0.1) is 0 Å². The fourth-order valence-electron chi connectivity index (χ4n) is 2.53. The van der Waals surface area contributed by atoms with Crippen LogP contribution in [0.2, 0.25) is 0 Å². The van der Waals surface area contributed by atoms with E-state index in [1.165, 1.54) is 32.4 Å². The Morgan fingerprint density at radius 1 is 0.963 bits per heavy atom. The van der Waals surface area contributed by atoms with Gasteiger partial charge < -0.3 is 34.6 Å². The average Bonchev–Trinajstić information content (AvgIpc) is 2.70. The van der Waals surface area contributed by atoms with Gasteiger partial charge in [-0.05, 0) is 35.4 Å². The normalized spacial score (nSPS) is 13.4. The van der Waals surface area contributed by atoms with E-state index in [-0.39, 0.29) is 18.1 Å². The quantitative estimate of drug-likeness (QED) is 0.529. The van der Waals surface area contributed by atoms with Gasteiger partial charge in [0.25, 0.3) is 0 Å². The van der Waals surface area contributed by atoms with Crippen molar-refractivity contribution >= 4 is 6.08 Å². The van der Waals surface area contributed by atoms with E-state index in [9.17, 15) is 15.3 Å². The van der Waals surface area contributed by atoms with Crippen LogP contribution in [0.4, 0.5) is 0 Å². The highest BCUT2D eigenvalue weighted by molar-refractivity contribution is 5.56. The molecule has 7 nitrogen and oxygen atoms in total. The Labute approximate surface area is 157 Å². The first-order valence-electron chi connectivity index (χ1n) is 8.32. The Morgan fingerprint density at radius 3 is 2.33 bits per heavy atom. The smallest absolute Gasteiger partial charge is 0.161 e. The molecule has 0 aliphatic carbocycles. The summed E-state index contributed by atoms with van der Waals surface area (Å²) >= 11 is 0. The molecule has 0 bridgehead atoms. The second-order valence-corrected chi connectivity index (χ2v) is 5.71. The Bertz CT molecular complexity index is 773.